The summed E-state index contributed by atoms with van der Waals surface area (Å²) in [6.07, 6.45) is 0.386. The number of hydrogen-bond acceptors (Lipinski definition) is 4. The van der Waals surface area contributed by atoms with Gasteiger partial charge in [0, 0.05) is 13.1 Å². The molecule has 0 fully saturated rings. The fraction of sp³-hybridized carbons (Fsp3) is 0.375. The van der Waals surface area contributed by atoms with Crippen molar-refractivity contribution in [1.29, 1.82) is 0 Å². The molecule has 0 saturated carbocycles. The Morgan fingerprint density at radius 1 is 0.850 bits per heavy atom. The molecule has 1 atom stereocenters. The Balaban J connectivity index is 2.04. The molecule has 0 radical (unpaired) electrons. The van der Waals surface area contributed by atoms with E-state index in [1.54, 1.807) is 42.5 Å². The standard InChI is InChI=1S/C32H41N3O4S/c1-7-30(32(37)33-20-23(2)3)34(21-27-15-11-24(4)12-16-27)31(36)22-35(28-10-8-9-26(6)19-28)40(38,39)29-17-13-25(5)14-18-29/h8-19,23,30H,7,20-22H2,1-6H3,(H,33,37)/t30-/m0/s1. The van der Waals surface area contributed by atoms with Crippen LogP contribution >= 0.6 is 0 Å². The summed E-state index contributed by atoms with van der Waals surface area (Å²) >= 11 is 0. The van der Waals surface area contributed by atoms with Crippen molar-refractivity contribution in [3.05, 3.63) is 95.1 Å². The zero-order valence-electron chi connectivity index (χ0n) is 24.3. The number of carbonyl (C=O) groups excluding carboxylic acids is 2. The fourth-order valence-corrected chi connectivity index (χ4v) is 5.79. The molecule has 7 nitrogen and oxygen atoms in total. The van der Waals surface area contributed by atoms with E-state index in [4.69, 9.17) is 0 Å². The molecule has 3 aromatic rings. The first-order chi connectivity index (χ1) is 18.9. The number of rotatable bonds is 12. The van der Waals surface area contributed by atoms with Crippen LogP contribution < -0.4 is 9.62 Å². The van der Waals surface area contributed by atoms with E-state index >= 15 is 0 Å². The molecule has 0 aliphatic heterocycles. The Hall–Kier alpha value is -3.65. The molecule has 3 aromatic carbocycles. The van der Waals surface area contributed by atoms with Crippen molar-refractivity contribution < 1.29 is 18.0 Å². The second-order valence-electron chi connectivity index (χ2n) is 10.7. The molecule has 8 heteroatoms. The minimum absolute atomic E-state index is 0.0965. The van der Waals surface area contributed by atoms with Crippen LogP contribution in [0.5, 0.6) is 0 Å². The molecular weight excluding hydrogens is 522 g/mol. The summed E-state index contributed by atoms with van der Waals surface area (Å²) in [5.41, 5.74) is 4.13. The van der Waals surface area contributed by atoms with E-state index in [0.717, 1.165) is 26.6 Å². The van der Waals surface area contributed by atoms with Gasteiger partial charge in [-0.15, -0.1) is 0 Å². The smallest absolute Gasteiger partial charge is 0.264 e. The molecule has 1 N–H and O–H groups in total. The molecule has 0 heterocycles. The molecule has 0 bridgehead atoms. The summed E-state index contributed by atoms with van der Waals surface area (Å²) in [6.45, 7) is 11.8. The van der Waals surface area contributed by atoms with Crippen molar-refractivity contribution in [3.8, 4) is 0 Å². The van der Waals surface area contributed by atoms with Gasteiger partial charge in [-0.3, -0.25) is 13.9 Å². The van der Waals surface area contributed by atoms with Gasteiger partial charge in [0.15, 0.2) is 0 Å². The zero-order valence-corrected chi connectivity index (χ0v) is 25.2. The second-order valence-corrected chi connectivity index (χ2v) is 12.6. The zero-order chi connectivity index (χ0) is 29.4. The Kier molecular flexibility index (Phi) is 10.5. The maximum absolute atomic E-state index is 14.1. The van der Waals surface area contributed by atoms with Crippen LogP contribution in [0.1, 0.15) is 49.4 Å². The van der Waals surface area contributed by atoms with E-state index in [1.807, 2.05) is 71.9 Å². The molecule has 0 aliphatic rings. The first-order valence-corrected chi connectivity index (χ1v) is 15.1. The SMILES string of the molecule is CC[C@@H](C(=O)NCC(C)C)N(Cc1ccc(C)cc1)C(=O)CN(c1cccc(C)c1)S(=O)(=O)c1ccc(C)cc1. The van der Waals surface area contributed by atoms with Gasteiger partial charge in [-0.25, -0.2) is 8.42 Å². The van der Waals surface area contributed by atoms with Crippen molar-refractivity contribution >= 4 is 27.5 Å². The van der Waals surface area contributed by atoms with E-state index in [1.165, 1.54) is 4.90 Å². The van der Waals surface area contributed by atoms with E-state index in [-0.39, 0.29) is 23.3 Å². The summed E-state index contributed by atoms with van der Waals surface area (Å²) in [6, 6.07) is 20.7. The monoisotopic (exact) mass is 563 g/mol. The van der Waals surface area contributed by atoms with Crippen molar-refractivity contribution in [2.45, 2.75) is 65.4 Å². The number of benzene rings is 3. The topological polar surface area (TPSA) is 86.8 Å². The summed E-state index contributed by atoms with van der Waals surface area (Å²) in [5, 5.41) is 2.95. The molecule has 0 aromatic heterocycles. The minimum atomic E-state index is -4.08. The van der Waals surface area contributed by atoms with E-state index in [9.17, 15) is 18.0 Å². The van der Waals surface area contributed by atoms with E-state index in [2.05, 4.69) is 5.32 Å². The molecule has 2 amide bonds. The van der Waals surface area contributed by atoms with Gasteiger partial charge < -0.3 is 10.2 Å². The molecule has 0 saturated heterocycles. The summed E-state index contributed by atoms with van der Waals surface area (Å²) < 4.78 is 29.0. The van der Waals surface area contributed by atoms with Gasteiger partial charge in [-0.2, -0.15) is 0 Å². The van der Waals surface area contributed by atoms with Crippen LogP contribution in [0.2, 0.25) is 0 Å². The highest BCUT2D eigenvalue weighted by molar-refractivity contribution is 7.92. The molecule has 40 heavy (non-hydrogen) atoms. The Labute approximate surface area is 239 Å². The summed E-state index contributed by atoms with van der Waals surface area (Å²) in [4.78, 5) is 29.0. The van der Waals surface area contributed by atoms with Crippen molar-refractivity contribution in [2.24, 2.45) is 5.92 Å². The summed E-state index contributed by atoms with van der Waals surface area (Å²) in [7, 11) is -4.08. The van der Waals surface area contributed by atoms with Gasteiger partial charge in [-0.05, 0) is 68.5 Å². The highest BCUT2D eigenvalue weighted by atomic mass is 32.2. The van der Waals surface area contributed by atoms with Crippen LogP contribution in [0.25, 0.3) is 0 Å². The van der Waals surface area contributed by atoms with Crippen LogP contribution in [0, 0.1) is 26.7 Å². The average Bonchev–Trinajstić information content (AvgIpc) is 2.91. The number of amides is 2. The lowest BCUT2D eigenvalue weighted by Gasteiger charge is -2.33. The van der Waals surface area contributed by atoms with Crippen LogP contribution in [-0.2, 0) is 26.2 Å². The van der Waals surface area contributed by atoms with Gasteiger partial charge in [-0.1, -0.05) is 80.4 Å². The van der Waals surface area contributed by atoms with Crippen molar-refractivity contribution in [1.82, 2.24) is 10.2 Å². The second kappa shape index (κ2) is 13.6. The number of anilines is 1. The van der Waals surface area contributed by atoms with Crippen molar-refractivity contribution in [2.75, 3.05) is 17.4 Å². The van der Waals surface area contributed by atoms with Crippen LogP contribution in [0.3, 0.4) is 0 Å². The third kappa shape index (κ3) is 7.94. The van der Waals surface area contributed by atoms with Gasteiger partial charge in [0.2, 0.25) is 11.8 Å². The predicted molar refractivity (Wildman–Crippen MR) is 161 cm³/mol. The largest absolute Gasteiger partial charge is 0.354 e. The Bertz CT molecular complexity index is 1400. The lowest BCUT2D eigenvalue weighted by atomic mass is 10.1. The minimum Gasteiger partial charge on any atom is -0.354 e. The summed E-state index contributed by atoms with van der Waals surface area (Å²) in [5.74, 6) is -0.455. The number of carbonyl (C=O) groups is 2. The fourth-order valence-electron chi connectivity index (χ4n) is 4.38. The molecule has 3 rings (SSSR count). The third-order valence-electron chi connectivity index (χ3n) is 6.72. The predicted octanol–water partition coefficient (Wildman–Crippen LogP) is 5.39. The number of nitrogens with one attached hydrogen (secondary N) is 1. The number of aryl methyl sites for hydroxylation is 3. The van der Waals surface area contributed by atoms with E-state index < -0.39 is 28.5 Å². The number of hydrogen-bond donors (Lipinski definition) is 1. The van der Waals surface area contributed by atoms with Gasteiger partial charge >= 0.3 is 0 Å². The molecule has 214 valence electrons. The van der Waals surface area contributed by atoms with Gasteiger partial charge in [0.05, 0.1) is 10.6 Å². The normalized spacial score (nSPS) is 12.2. The van der Waals surface area contributed by atoms with Crippen LogP contribution in [0.15, 0.2) is 77.7 Å². The molecule has 0 unspecified atom stereocenters. The Morgan fingerprint density at radius 3 is 2.00 bits per heavy atom. The van der Waals surface area contributed by atoms with Gasteiger partial charge in [0.1, 0.15) is 12.6 Å². The third-order valence-corrected chi connectivity index (χ3v) is 8.51. The quantitative estimate of drug-likeness (QED) is 0.320. The molecule has 0 spiro atoms. The molecule has 0 aliphatic carbocycles. The lowest BCUT2D eigenvalue weighted by molar-refractivity contribution is -0.140. The average molecular weight is 564 g/mol. The maximum atomic E-state index is 14.1. The lowest BCUT2D eigenvalue weighted by Crippen LogP contribution is -2.52. The number of nitrogens with zero attached hydrogens (tertiary/aromatic N) is 2. The van der Waals surface area contributed by atoms with Gasteiger partial charge in [0.25, 0.3) is 10.0 Å². The van der Waals surface area contributed by atoms with Crippen LogP contribution in [-0.4, -0.2) is 44.3 Å². The highest BCUT2D eigenvalue weighted by Gasteiger charge is 2.33. The molecular formula is C32H41N3O4S. The Morgan fingerprint density at radius 2 is 1.45 bits per heavy atom. The van der Waals surface area contributed by atoms with Crippen LogP contribution in [0.4, 0.5) is 5.69 Å². The maximum Gasteiger partial charge on any atom is 0.264 e. The van der Waals surface area contributed by atoms with E-state index in [0.29, 0.717) is 18.7 Å². The number of sulfonamides is 1. The first-order valence-electron chi connectivity index (χ1n) is 13.7. The van der Waals surface area contributed by atoms with Crippen molar-refractivity contribution in [3.63, 3.8) is 0 Å². The first kappa shape index (κ1) is 30.9. The highest BCUT2D eigenvalue weighted by Crippen LogP contribution is 2.26.